The van der Waals surface area contributed by atoms with Gasteiger partial charge in [0.05, 0.1) is 33.2 Å². The molecule has 0 aliphatic rings. The van der Waals surface area contributed by atoms with Gasteiger partial charge in [0.2, 0.25) is 5.95 Å². The quantitative estimate of drug-likeness (QED) is 0.718. The number of thiazole rings is 1. The minimum Gasteiger partial charge on any atom is -0.368 e. The maximum absolute atomic E-state index is 9.06. The van der Waals surface area contributed by atoms with Gasteiger partial charge < -0.3 is 5.73 Å². The molecule has 0 saturated heterocycles. The van der Waals surface area contributed by atoms with E-state index in [1.54, 1.807) is 16.8 Å². The highest BCUT2D eigenvalue weighted by atomic mass is 32.1. The number of fused-ring (bicyclic) bond motifs is 1. The van der Waals surface area contributed by atoms with Gasteiger partial charge in [0.1, 0.15) is 6.07 Å². The lowest BCUT2D eigenvalue weighted by Crippen LogP contribution is -1.98. The molecule has 1 aromatic carbocycles. The molecular weight excluding hydrogens is 246 g/mol. The second kappa shape index (κ2) is 4.05. The summed E-state index contributed by atoms with van der Waals surface area (Å²) >= 11 is 1.55. The van der Waals surface area contributed by atoms with Crippen LogP contribution in [0.4, 0.5) is 5.95 Å². The Morgan fingerprint density at radius 2 is 2.17 bits per heavy atom. The summed E-state index contributed by atoms with van der Waals surface area (Å²) in [5.74, 6) is 0.161. The highest BCUT2D eigenvalue weighted by molar-refractivity contribution is 7.16. The Morgan fingerprint density at radius 3 is 3.00 bits per heavy atom. The molecule has 2 N–H and O–H groups in total. The molecule has 5 nitrogen and oxygen atoms in total. The van der Waals surface area contributed by atoms with Gasteiger partial charge in [-0.2, -0.15) is 5.26 Å². The summed E-state index contributed by atoms with van der Waals surface area (Å²) in [5.41, 5.74) is 10.1. The summed E-state index contributed by atoms with van der Waals surface area (Å²) in [4.78, 5) is 12.2. The third kappa shape index (κ3) is 1.67. The molecule has 18 heavy (non-hydrogen) atoms. The fourth-order valence-corrected chi connectivity index (χ4v) is 2.42. The van der Waals surface area contributed by atoms with E-state index >= 15 is 0 Å². The first kappa shape index (κ1) is 10.6. The first-order valence-corrected chi connectivity index (χ1v) is 6.02. The predicted octanol–water partition coefficient (Wildman–Crippen LogP) is 2.21. The number of benzene rings is 1. The van der Waals surface area contributed by atoms with Crippen LogP contribution in [0.25, 0.3) is 21.5 Å². The Kier molecular flexibility index (Phi) is 2.39. The smallest absolute Gasteiger partial charge is 0.220 e. The fourth-order valence-electron chi connectivity index (χ4n) is 1.70. The molecule has 0 radical (unpaired) electrons. The van der Waals surface area contributed by atoms with Crippen molar-refractivity contribution in [3.05, 3.63) is 35.5 Å². The maximum atomic E-state index is 9.06. The average molecular weight is 253 g/mol. The van der Waals surface area contributed by atoms with Crippen LogP contribution in [0.2, 0.25) is 0 Å². The van der Waals surface area contributed by atoms with Crippen molar-refractivity contribution in [3.8, 4) is 17.3 Å². The van der Waals surface area contributed by atoms with Crippen molar-refractivity contribution in [2.75, 3.05) is 5.73 Å². The SMILES string of the molecule is N#Cc1cnc(N)nc1-c1ccc2ncsc2c1. The number of nitriles is 1. The van der Waals surface area contributed by atoms with Gasteiger partial charge in [-0.1, -0.05) is 6.07 Å². The number of rotatable bonds is 1. The van der Waals surface area contributed by atoms with E-state index in [0.717, 1.165) is 15.8 Å². The molecule has 3 rings (SSSR count). The monoisotopic (exact) mass is 253 g/mol. The summed E-state index contributed by atoms with van der Waals surface area (Å²) in [6.45, 7) is 0. The standard InChI is InChI=1S/C12H7N5S/c13-4-8-5-15-12(14)17-11(8)7-1-2-9-10(3-7)18-6-16-9/h1-3,5-6H,(H2,14,15,17). The van der Waals surface area contributed by atoms with E-state index in [9.17, 15) is 0 Å². The van der Waals surface area contributed by atoms with Gasteiger partial charge in [-0.15, -0.1) is 11.3 Å². The van der Waals surface area contributed by atoms with Crippen molar-refractivity contribution in [3.63, 3.8) is 0 Å². The third-order valence-corrected chi connectivity index (χ3v) is 3.32. The molecule has 2 heterocycles. The third-order valence-electron chi connectivity index (χ3n) is 2.53. The molecule has 0 bridgehead atoms. The molecular formula is C12H7N5S. The largest absolute Gasteiger partial charge is 0.368 e. The van der Waals surface area contributed by atoms with Crippen molar-refractivity contribution in [1.29, 1.82) is 5.26 Å². The molecule has 3 aromatic rings. The van der Waals surface area contributed by atoms with Crippen molar-refractivity contribution in [1.82, 2.24) is 15.0 Å². The zero-order valence-electron chi connectivity index (χ0n) is 9.16. The minimum atomic E-state index is 0.161. The van der Waals surface area contributed by atoms with E-state index in [-0.39, 0.29) is 5.95 Å². The maximum Gasteiger partial charge on any atom is 0.220 e. The molecule has 0 saturated carbocycles. The second-order valence-corrected chi connectivity index (χ2v) is 4.52. The van der Waals surface area contributed by atoms with Crippen LogP contribution in [-0.4, -0.2) is 15.0 Å². The van der Waals surface area contributed by atoms with E-state index in [1.807, 2.05) is 18.2 Å². The Morgan fingerprint density at radius 1 is 1.28 bits per heavy atom. The zero-order chi connectivity index (χ0) is 12.5. The number of nitrogens with two attached hydrogens (primary N) is 1. The lowest BCUT2D eigenvalue weighted by molar-refractivity contribution is 1.17. The van der Waals surface area contributed by atoms with E-state index < -0.39 is 0 Å². The molecule has 2 aromatic heterocycles. The summed E-state index contributed by atoms with van der Waals surface area (Å²) in [5, 5.41) is 9.06. The average Bonchev–Trinajstić information content (AvgIpc) is 2.85. The van der Waals surface area contributed by atoms with Gasteiger partial charge in [0, 0.05) is 5.56 Å². The van der Waals surface area contributed by atoms with Crippen LogP contribution in [-0.2, 0) is 0 Å². The van der Waals surface area contributed by atoms with Gasteiger partial charge in [-0.25, -0.2) is 15.0 Å². The second-order valence-electron chi connectivity index (χ2n) is 3.64. The molecule has 0 spiro atoms. The summed E-state index contributed by atoms with van der Waals surface area (Å²) in [6, 6.07) is 7.81. The predicted molar refractivity (Wildman–Crippen MR) is 69.8 cm³/mol. The highest BCUT2D eigenvalue weighted by Gasteiger charge is 2.09. The van der Waals surface area contributed by atoms with E-state index in [4.69, 9.17) is 11.0 Å². The fraction of sp³-hybridized carbons (Fsp3) is 0. The lowest BCUT2D eigenvalue weighted by Gasteiger charge is -2.03. The number of hydrogen-bond acceptors (Lipinski definition) is 6. The summed E-state index contributed by atoms with van der Waals surface area (Å²) in [6.07, 6.45) is 1.44. The van der Waals surface area contributed by atoms with Crippen molar-refractivity contribution >= 4 is 27.5 Å². The van der Waals surface area contributed by atoms with Crippen LogP contribution in [0.15, 0.2) is 29.9 Å². The highest BCUT2D eigenvalue weighted by Crippen LogP contribution is 2.27. The van der Waals surface area contributed by atoms with E-state index in [1.165, 1.54) is 6.20 Å². The topological polar surface area (TPSA) is 88.5 Å². The number of hydrogen-bond donors (Lipinski definition) is 1. The molecule has 86 valence electrons. The van der Waals surface area contributed by atoms with Crippen molar-refractivity contribution in [2.45, 2.75) is 0 Å². The van der Waals surface area contributed by atoms with Crippen LogP contribution < -0.4 is 5.73 Å². The molecule has 0 aliphatic carbocycles. The minimum absolute atomic E-state index is 0.161. The molecule has 0 amide bonds. The van der Waals surface area contributed by atoms with Gasteiger partial charge in [0.25, 0.3) is 0 Å². The lowest BCUT2D eigenvalue weighted by atomic mass is 10.1. The Bertz CT molecular complexity index is 771. The summed E-state index contributed by atoms with van der Waals surface area (Å²) < 4.78 is 1.05. The first-order valence-electron chi connectivity index (χ1n) is 5.14. The van der Waals surface area contributed by atoms with Crippen LogP contribution in [0.5, 0.6) is 0 Å². The number of anilines is 1. The van der Waals surface area contributed by atoms with Crippen molar-refractivity contribution < 1.29 is 0 Å². The number of nitrogens with zero attached hydrogens (tertiary/aromatic N) is 4. The van der Waals surface area contributed by atoms with Crippen molar-refractivity contribution in [2.24, 2.45) is 0 Å². The van der Waals surface area contributed by atoms with Crippen LogP contribution >= 0.6 is 11.3 Å². The molecule has 0 atom stereocenters. The molecule has 0 fully saturated rings. The Labute approximate surface area is 107 Å². The molecule has 6 heteroatoms. The van der Waals surface area contributed by atoms with Gasteiger partial charge in [0.15, 0.2) is 0 Å². The number of aromatic nitrogens is 3. The number of nitrogen functional groups attached to an aromatic ring is 1. The molecule has 0 unspecified atom stereocenters. The van der Waals surface area contributed by atoms with Crippen LogP contribution in [0.3, 0.4) is 0 Å². The van der Waals surface area contributed by atoms with Gasteiger partial charge >= 0.3 is 0 Å². The van der Waals surface area contributed by atoms with Crippen LogP contribution in [0, 0.1) is 11.3 Å². The first-order chi connectivity index (χ1) is 8.78. The normalized spacial score (nSPS) is 10.4. The van der Waals surface area contributed by atoms with Gasteiger partial charge in [-0.05, 0) is 12.1 Å². The van der Waals surface area contributed by atoms with Crippen LogP contribution in [0.1, 0.15) is 5.56 Å². The van der Waals surface area contributed by atoms with E-state index in [0.29, 0.717) is 11.3 Å². The van der Waals surface area contributed by atoms with E-state index in [2.05, 4.69) is 21.0 Å². The van der Waals surface area contributed by atoms with Gasteiger partial charge in [-0.3, -0.25) is 0 Å². The Hall–Kier alpha value is -2.52. The summed E-state index contributed by atoms with van der Waals surface area (Å²) in [7, 11) is 0. The molecule has 0 aliphatic heterocycles. The zero-order valence-corrected chi connectivity index (χ0v) is 9.98. The Balaban J connectivity index is 2.25.